The van der Waals surface area contributed by atoms with Crippen molar-refractivity contribution in [3.8, 4) is 0 Å². The molecule has 1 aromatic rings. The topological polar surface area (TPSA) is 75.4 Å². The summed E-state index contributed by atoms with van der Waals surface area (Å²) >= 11 is 0. The molecular formula is C14H19N3O2. The molecule has 1 aliphatic heterocycles. The number of nitrogens with two attached hydrogens (primary N) is 1. The Morgan fingerprint density at radius 1 is 1.47 bits per heavy atom. The molecule has 19 heavy (non-hydrogen) atoms. The van der Waals surface area contributed by atoms with Gasteiger partial charge in [0.05, 0.1) is 0 Å². The van der Waals surface area contributed by atoms with Crippen molar-refractivity contribution in [2.45, 2.75) is 25.8 Å². The average Bonchev–Trinajstić information content (AvgIpc) is 2.44. The van der Waals surface area contributed by atoms with Gasteiger partial charge in [-0.05, 0) is 37.1 Å². The monoisotopic (exact) mass is 261 g/mol. The molecule has 0 spiro atoms. The number of hydrogen-bond acceptors (Lipinski definition) is 3. The van der Waals surface area contributed by atoms with Crippen LogP contribution in [0.2, 0.25) is 0 Å². The minimum atomic E-state index is -0.0438. The second-order valence-electron chi connectivity index (χ2n) is 4.92. The Hall–Kier alpha value is -1.88. The van der Waals surface area contributed by atoms with Crippen molar-refractivity contribution in [1.29, 1.82) is 0 Å². The third-order valence-corrected chi connectivity index (χ3v) is 3.57. The van der Waals surface area contributed by atoms with Gasteiger partial charge in [0, 0.05) is 37.3 Å². The molecule has 0 saturated heterocycles. The van der Waals surface area contributed by atoms with Gasteiger partial charge in [0.1, 0.15) is 0 Å². The van der Waals surface area contributed by atoms with Gasteiger partial charge < -0.3 is 16.0 Å². The summed E-state index contributed by atoms with van der Waals surface area (Å²) < 4.78 is 0. The molecule has 0 fully saturated rings. The maximum Gasteiger partial charge on any atom is 0.253 e. The highest BCUT2D eigenvalue weighted by atomic mass is 16.2. The Morgan fingerprint density at radius 2 is 2.21 bits per heavy atom. The molecule has 0 bridgehead atoms. The molecule has 1 atom stereocenters. The molecule has 5 nitrogen and oxygen atoms in total. The molecule has 1 aromatic carbocycles. The lowest BCUT2D eigenvalue weighted by molar-refractivity contribution is -0.116. The van der Waals surface area contributed by atoms with Crippen LogP contribution in [0.5, 0.6) is 0 Å². The van der Waals surface area contributed by atoms with E-state index in [2.05, 4.69) is 5.32 Å². The molecule has 2 rings (SSSR count). The van der Waals surface area contributed by atoms with E-state index < -0.39 is 0 Å². The van der Waals surface area contributed by atoms with Crippen LogP contribution in [0.15, 0.2) is 18.2 Å². The van der Waals surface area contributed by atoms with E-state index in [-0.39, 0.29) is 17.9 Å². The number of nitrogens with one attached hydrogen (secondary N) is 1. The van der Waals surface area contributed by atoms with Crippen LogP contribution < -0.4 is 11.1 Å². The van der Waals surface area contributed by atoms with E-state index in [9.17, 15) is 9.59 Å². The highest BCUT2D eigenvalue weighted by Gasteiger charge is 2.20. The van der Waals surface area contributed by atoms with E-state index in [1.807, 2.05) is 13.0 Å². The zero-order valence-electron chi connectivity index (χ0n) is 11.3. The SMILES string of the molecule is CC(CN)N(C)C(=O)c1ccc2c(c1)CCC(=O)N2. The molecule has 0 aromatic heterocycles. The fourth-order valence-corrected chi connectivity index (χ4v) is 2.08. The molecule has 0 radical (unpaired) electrons. The number of nitrogens with zero attached hydrogens (tertiary/aromatic N) is 1. The van der Waals surface area contributed by atoms with E-state index in [1.165, 1.54) is 0 Å². The minimum absolute atomic E-state index is 0.00300. The fraction of sp³-hybridized carbons (Fsp3) is 0.429. The normalized spacial score (nSPS) is 15.4. The van der Waals surface area contributed by atoms with E-state index >= 15 is 0 Å². The Kier molecular flexibility index (Phi) is 3.85. The average molecular weight is 261 g/mol. The van der Waals surface area contributed by atoms with Crippen molar-refractivity contribution in [3.05, 3.63) is 29.3 Å². The number of likely N-dealkylation sites (N-methyl/N-ethyl adjacent to an activating group) is 1. The molecule has 3 N–H and O–H groups in total. The maximum atomic E-state index is 12.3. The smallest absolute Gasteiger partial charge is 0.253 e. The Balaban J connectivity index is 2.22. The number of carbonyl (C=O) groups excluding carboxylic acids is 2. The van der Waals surface area contributed by atoms with Crippen LogP contribution in [-0.4, -0.2) is 36.3 Å². The third kappa shape index (κ3) is 2.76. The zero-order chi connectivity index (χ0) is 14.0. The van der Waals surface area contributed by atoms with Gasteiger partial charge >= 0.3 is 0 Å². The van der Waals surface area contributed by atoms with Crippen molar-refractivity contribution in [3.63, 3.8) is 0 Å². The quantitative estimate of drug-likeness (QED) is 0.852. The van der Waals surface area contributed by atoms with E-state index in [1.54, 1.807) is 24.1 Å². The van der Waals surface area contributed by atoms with Crippen molar-refractivity contribution < 1.29 is 9.59 Å². The number of benzene rings is 1. The van der Waals surface area contributed by atoms with Gasteiger partial charge in [-0.2, -0.15) is 0 Å². The van der Waals surface area contributed by atoms with Crippen LogP contribution in [0.4, 0.5) is 5.69 Å². The largest absolute Gasteiger partial charge is 0.338 e. The Morgan fingerprint density at radius 3 is 2.89 bits per heavy atom. The lowest BCUT2D eigenvalue weighted by atomic mass is 10.00. The molecule has 1 heterocycles. The van der Waals surface area contributed by atoms with Crippen molar-refractivity contribution >= 4 is 17.5 Å². The second kappa shape index (κ2) is 5.40. The molecular weight excluding hydrogens is 242 g/mol. The molecule has 5 heteroatoms. The van der Waals surface area contributed by atoms with E-state index in [4.69, 9.17) is 5.73 Å². The third-order valence-electron chi connectivity index (χ3n) is 3.57. The summed E-state index contributed by atoms with van der Waals surface area (Å²) in [5, 5.41) is 2.81. The second-order valence-corrected chi connectivity index (χ2v) is 4.92. The first kappa shape index (κ1) is 13.5. The summed E-state index contributed by atoms with van der Waals surface area (Å²) in [6.07, 6.45) is 1.15. The number of hydrogen-bond donors (Lipinski definition) is 2. The highest BCUT2D eigenvalue weighted by Crippen LogP contribution is 2.24. The van der Waals surface area contributed by atoms with Gasteiger partial charge in [-0.25, -0.2) is 0 Å². The lowest BCUT2D eigenvalue weighted by Crippen LogP contribution is -2.39. The van der Waals surface area contributed by atoms with Gasteiger partial charge in [-0.1, -0.05) is 0 Å². The van der Waals surface area contributed by atoms with Crippen molar-refractivity contribution in [2.24, 2.45) is 5.73 Å². The summed E-state index contributed by atoms with van der Waals surface area (Å²) in [4.78, 5) is 25.2. The first-order valence-electron chi connectivity index (χ1n) is 6.43. The molecule has 1 aliphatic rings. The Labute approximate surface area is 112 Å². The summed E-state index contributed by atoms with van der Waals surface area (Å²) in [5.74, 6) is -0.0156. The summed E-state index contributed by atoms with van der Waals surface area (Å²) in [7, 11) is 1.75. The van der Waals surface area contributed by atoms with Crippen molar-refractivity contribution in [2.75, 3.05) is 18.9 Å². The number of amides is 2. The van der Waals surface area contributed by atoms with E-state index in [0.717, 1.165) is 11.3 Å². The minimum Gasteiger partial charge on any atom is -0.338 e. The van der Waals surface area contributed by atoms with Gasteiger partial charge in [-0.15, -0.1) is 0 Å². The van der Waals surface area contributed by atoms with Crippen LogP contribution in [-0.2, 0) is 11.2 Å². The number of rotatable bonds is 3. The predicted octanol–water partition coefficient (Wildman–Crippen LogP) is 0.990. The highest BCUT2D eigenvalue weighted by molar-refractivity contribution is 5.98. The summed E-state index contributed by atoms with van der Waals surface area (Å²) in [5.41, 5.74) is 8.03. The number of anilines is 1. The number of fused-ring (bicyclic) bond motifs is 1. The standard InChI is InChI=1S/C14H19N3O2/c1-9(8-15)17(2)14(19)11-3-5-12-10(7-11)4-6-13(18)16-12/h3,5,7,9H,4,6,8,15H2,1-2H3,(H,16,18). The van der Waals surface area contributed by atoms with Crippen LogP contribution in [0, 0.1) is 0 Å². The van der Waals surface area contributed by atoms with Gasteiger partial charge in [-0.3, -0.25) is 9.59 Å². The predicted molar refractivity (Wildman–Crippen MR) is 74.0 cm³/mol. The molecule has 1 unspecified atom stereocenters. The number of carbonyl (C=O) groups is 2. The summed E-state index contributed by atoms with van der Waals surface area (Å²) in [6.45, 7) is 2.35. The maximum absolute atomic E-state index is 12.3. The van der Waals surface area contributed by atoms with Gasteiger partial charge in [0.25, 0.3) is 5.91 Å². The van der Waals surface area contributed by atoms with Crippen molar-refractivity contribution in [1.82, 2.24) is 4.90 Å². The van der Waals surface area contributed by atoms with Crippen LogP contribution in [0.1, 0.15) is 29.3 Å². The molecule has 102 valence electrons. The Bertz CT molecular complexity index is 513. The van der Waals surface area contributed by atoms with Gasteiger partial charge in [0.2, 0.25) is 5.91 Å². The lowest BCUT2D eigenvalue weighted by Gasteiger charge is -2.24. The fourth-order valence-electron chi connectivity index (χ4n) is 2.08. The van der Waals surface area contributed by atoms with E-state index in [0.29, 0.717) is 24.9 Å². The van der Waals surface area contributed by atoms with Crippen LogP contribution in [0.25, 0.3) is 0 Å². The summed E-state index contributed by atoms with van der Waals surface area (Å²) in [6, 6.07) is 5.40. The molecule has 0 aliphatic carbocycles. The van der Waals surface area contributed by atoms with Crippen LogP contribution in [0.3, 0.4) is 0 Å². The first-order chi connectivity index (χ1) is 9.02. The molecule has 0 saturated carbocycles. The zero-order valence-corrected chi connectivity index (χ0v) is 11.3. The van der Waals surface area contributed by atoms with Crippen LogP contribution >= 0.6 is 0 Å². The van der Waals surface area contributed by atoms with Gasteiger partial charge in [0.15, 0.2) is 0 Å². The first-order valence-corrected chi connectivity index (χ1v) is 6.43. The number of aryl methyl sites for hydroxylation is 1. The molecule has 2 amide bonds.